The minimum Gasteiger partial charge on any atom is -0.493 e. The van der Waals surface area contributed by atoms with Crippen LogP contribution in [0.15, 0.2) is 164 Å². The minimum atomic E-state index is -0.326. The molecule has 6 bridgehead atoms. The van der Waals surface area contributed by atoms with Gasteiger partial charge in [-0.3, -0.25) is 0 Å². The molecule has 0 saturated heterocycles. The van der Waals surface area contributed by atoms with Crippen LogP contribution in [-0.4, -0.2) is 13.2 Å². The zero-order valence-electron chi connectivity index (χ0n) is 37.1. The molecule has 0 amide bonds. The molecule has 4 aromatic carbocycles. The number of benzene rings is 4. The summed E-state index contributed by atoms with van der Waals surface area (Å²) in [5.41, 5.74) is 7.72. The fourth-order valence-corrected chi connectivity index (χ4v) is 12.0. The molecular formula is C59H58O6. The van der Waals surface area contributed by atoms with Crippen molar-refractivity contribution < 1.29 is 18.3 Å². The van der Waals surface area contributed by atoms with Crippen molar-refractivity contribution in [3.05, 3.63) is 189 Å². The first-order valence-corrected chi connectivity index (χ1v) is 24.2. The maximum atomic E-state index is 11.2. The summed E-state index contributed by atoms with van der Waals surface area (Å²) in [6.07, 6.45) is 29.5. The van der Waals surface area contributed by atoms with Gasteiger partial charge in [-0.1, -0.05) is 91.1 Å². The maximum Gasteiger partial charge on any atom is 0.336 e. The lowest BCUT2D eigenvalue weighted by Gasteiger charge is -2.18. The fourth-order valence-electron chi connectivity index (χ4n) is 12.0. The van der Waals surface area contributed by atoms with Crippen LogP contribution in [0.1, 0.15) is 73.6 Å². The molecule has 9 unspecified atom stereocenters. The number of aryl methyl sites for hydroxylation is 1. The van der Waals surface area contributed by atoms with Crippen molar-refractivity contribution in [3.8, 4) is 11.5 Å². The highest BCUT2D eigenvalue weighted by Crippen LogP contribution is 2.47. The Morgan fingerprint density at radius 3 is 1.65 bits per heavy atom. The van der Waals surface area contributed by atoms with Crippen molar-refractivity contribution in [2.45, 2.75) is 64.2 Å². The Bertz CT molecular complexity index is 2910. The average molecular weight is 863 g/mol. The molecule has 2 aromatic heterocycles. The minimum absolute atomic E-state index is 0.326. The van der Waals surface area contributed by atoms with Crippen molar-refractivity contribution in [2.24, 2.45) is 53.3 Å². The van der Waals surface area contributed by atoms with Gasteiger partial charge in [0.2, 0.25) is 0 Å². The maximum absolute atomic E-state index is 11.2. The number of hydrogen-bond donors (Lipinski definition) is 0. The molecule has 6 nitrogen and oxygen atoms in total. The first-order chi connectivity index (χ1) is 31.9. The molecule has 0 N–H and O–H groups in total. The molecule has 0 spiro atoms. The van der Waals surface area contributed by atoms with E-state index in [4.69, 9.17) is 18.3 Å². The molecule has 0 aliphatic heterocycles. The first-order valence-electron chi connectivity index (χ1n) is 24.2. The zero-order valence-corrected chi connectivity index (χ0v) is 37.1. The predicted molar refractivity (Wildman–Crippen MR) is 260 cm³/mol. The van der Waals surface area contributed by atoms with E-state index in [2.05, 4.69) is 91.1 Å². The summed E-state index contributed by atoms with van der Waals surface area (Å²) < 4.78 is 22.1. The molecule has 0 radical (unpaired) electrons. The standard InChI is InChI=1S/C24H24.C18H18O3.C17H16O3/c1-2-4-21-16-24(15-20(21)3-1)19-9-5-17(6-10-19)7-11-22-13-18-8-12-23(22)14-18;19-18-6-4-13-3-5-16(11-17(13)21-18)20-8-7-15-10-12-1-2-14(15)9-12;18-17-6-4-12-3-5-15(9-16(12)20-17)19-10-14-8-11-1-2-13(14)7-11/h1-6,8-10,12,15,18,22-23H,7,11,13-14,16H2;1-6,11-12,14-15H,7-10H2;1-6,9,11,13-14H,7-8,10H2. The Balaban J connectivity index is 0.000000109. The summed E-state index contributed by atoms with van der Waals surface area (Å²) in [6, 6.07) is 35.8. The molecule has 2 heterocycles. The van der Waals surface area contributed by atoms with Crippen molar-refractivity contribution in [1.29, 1.82) is 0 Å². The number of ether oxygens (including phenoxy) is 2. The number of hydrogen-bond acceptors (Lipinski definition) is 6. The van der Waals surface area contributed by atoms with Gasteiger partial charge in [0.25, 0.3) is 0 Å². The van der Waals surface area contributed by atoms with E-state index < -0.39 is 0 Å². The number of allylic oxidation sites excluding steroid dienone is 7. The Morgan fingerprint density at radius 1 is 0.523 bits per heavy atom. The SMILES string of the molecule is C1=CC2CC1CC2CCc1ccc(C2=Cc3ccccc3C2)cc1.O=c1ccc2ccc(OCC3CC4C=CC3C4)cc2o1.O=c1ccc2ccc(OCCC3CC4C=CC3C4)cc2o1. The van der Waals surface area contributed by atoms with E-state index >= 15 is 0 Å². The number of fused-ring (bicyclic) bond motifs is 9. The van der Waals surface area contributed by atoms with Crippen molar-refractivity contribution in [1.82, 2.24) is 0 Å². The highest BCUT2D eigenvalue weighted by atomic mass is 16.5. The molecular weight excluding hydrogens is 805 g/mol. The normalized spacial score (nSPS) is 26.8. The molecule has 6 heteroatoms. The van der Waals surface area contributed by atoms with Gasteiger partial charge in [-0.2, -0.15) is 0 Å². The largest absolute Gasteiger partial charge is 0.493 e. The van der Waals surface area contributed by atoms with Crippen LogP contribution in [0.25, 0.3) is 33.6 Å². The molecule has 3 saturated carbocycles. The van der Waals surface area contributed by atoms with Crippen molar-refractivity contribution >= 4 is 33.6 Å². The van der Waals surface area contributed by atoms with Gasteiger partial charge in [0.15, 0.2) is 0 Å². The van der Waals surface area contributed by atoms with Gasteiger partial charge in [0.1, 0.15) is 22.7 Å². The lowest BCUT2D eigenvalue weighted by molar-refractivity contribution is 0.228. The van der Waals surface area contributed by atoms with E-state index in [-0.39, 0.29) is 11.3 Å². The predicted octanol–water partition coefficient (Wildman–Crippen LogP) is 13.1. The van der Waals surface area contributed by atoms with Gasteiger partial charge in [-0.25, -0.2) is 9.59 Å². The third-order valence-electron chi connectivity index (χ3n) is 15.6. The zero-order chi connectivity index (χ0) is 43.7. The summed E-state index contributed by atoms with van der Waals surface area (Å²) >= 11 is 0. The lowest BCUT2D eigenvalue weighted by Crippen LogP contribution is -2.16. The summed E-state index contributed by atoms with van der Waals surface area (Å²) in [6.45, 7) is 1.47. The third-order valence-corrected chi connectivity index (χ3v) is 15.6. The number of rotatable bonds is 11. The van der Waals surface area contributed by atoms with Gasteiger partial charge in [-0.05, 0) is 182 Å². The van der Waals surface area contributed by atoms with E-state index in [1.165, 1.54) is 91.3 Å². The molecule has 13 rings (SSSR count). The van der Waals surface area contributed by atoms with Gasteiger partial charge >= 0.3 is 11.3 Å². The average Bonchev–Trinajstić information content (AvgIpc) is 4.22. The van der Waals surface area contributed by atoms with Crippen LogP contribution in [-0.2, 0) is 12.8 Å². The van der Waals surface area contributed by atoms with Gasteiger partial charge in [0.05, 0.1) is 13.2 Å². The van der Waals surface area contributed by atoms with E-state index in [0.29, 0.717) is 23.0 Å². The fraction of sp³-hybridized carbons (Fsp3) is 0.356. The topological polar surface area (TPSA) is 78.9 Å². The monoisotopic (exact) mass is 862 g/mol. The van der Waals surface area contributed by atoms with Crippen LogP contribution < -0.4 is 20.7 Å². The summed E-state index contributed by atoms with van der Waals surface area (Å²) in [5.74, 6) is 8.72. The molecule has 7 aliphatic carbocycles. The first kappa shape index (κ1) is 41.6. The van der Waals surface area contributed by atoms with E-state index in [1.54, 1.807) is 24.3 Å². The van der Waals surface area contributed by atoms with Crippen LogP contribution in [0, 0.1) is 53.3 Å². The lowest BCUT2D eigenvalue weighted by atomic mass is 9.88. The molecule has 65 heavy (non-hydrogen) atoms. The molecule has 9 atom stereocenters. The third kappa shape index (κ3) is 9.50. The van der Waals surface area contributed by atoms with Crippen LogP contribution in [0.5, 0.6) is 11.5 Å². The molecule has 7 aliphatic rings. The quantitative estimate of drug-likeness (QED) is 0.0953. The smallest absolute Gasteiger partial charge is 0.336 e. The van der Waals surface area contributed by atoms with Crippen LogP contribution in [0.4, 0.5) is 0 Å². The van der Waals surface area contributed by atoms with E-state index in [1.807, 2.05) is 24.3 Å². The van der Waals surface area contributed by atoms with Crippen LogP contribution >= 0.6 is 0 Å². The van der Waals surface area contributed by atoms with Crippen LogP contribution in [0.2, 0.25) is 0 Å². The molecule has 330 valence electrons. The highest BCUT2D eigenvalue weighted by Gasteiger charge is 2.37. The van der Waals surface area contributed by atoms with Crippen molar-refractivity contribution in [3.63, 3.8) is 0 Å². The molecule has 6 aromatic rings. The Morgan fingerprint density at radius 2 is 1.08 bits per heavy atom. The second kappa shape index (κ2) is 18.4. The second-order valence-electron chi connectivity index (χ2n) is 19.8. The van der Waals surface area contributed by atoms with E-state index in [9.17, 15) is 9.59 Å². The molecule has 3 fully saturated rings. The second-order valence-corrected chi connectivity index (χ2v) is 19.8. The highest BCUT2D eigenvalue weighted by molar-refractivity contribution is 5.88. The Hall–Kier alpha value is -6.14. The van der Waals surface area contributed by atoms with Gasteiger partial charge in [-0.15, -0.1) is 0 Å². The van der Waals surface area contributed by atoms with Crippen LogP contribution in [0.3, 0.4) is 0 Å². The Labute approximate surface area is 381 Å². The Kier molecular flexibility index (Phi) is 11.8. The van der Waals surface area contributed by atoms with Gasteiger partial charge in [0, 0.05) is 35.0 Å². The summed E-state index contributed by atoms with van der Waals surface area (Å²) in [4.78, 5) is 22.5. The van der Waals surface area contributed by atoms with Crippen molar-refractivity contribution in [2.75, 3.05) is 13.2 Å². The summed E-state index contributed by atoms with van der Waals surface area (Å²) in [7, 11) is 0. The van der Waals surface area contributed by atoms with E-state index in [0.717, 1.165) is 89.8 Å². The summed E-state index contributed by atoms with van der Waals surface area (Å²) in [5, 5.41) is 1.83. The van der Waals surface area contributed by atoms with Gasteiger partial charge < -0.3 is 18.3 Å².